The van der Waals surface area contributed by atoms with E-state index in [2.05, 4.69) is 0 Å². The Kier molecular flexibility index (Phi) is 4.71. The van der Waals surface area contributed by atoms with E-state index < -0.39 is 5.97 Å². The SMILES string of the molecule is O=C(O)c1cccc(C=C2SC(=S)N(c3cccc(Cl)c3)C2=O)c1. The fourth-order valence-corrected chi connectivity index (χ4v) is 3.70. The lowest BCUT2D eigenvalue weighted by Crippen LogP contribution is -2.27. The normalized spacial score (nSPS) is 16.0. The molecule has 0 bridgehead atoms. The van der Waals surface area contributed by atoms with E-state index in [1.807, 2.05) is 0 Å². The van der Waals surface area contributed by atoms with Crippen molar-refractivity contribution in [2.45, 2.75) is 0 Å². The van der Waals surface area contributed by atoms with Gasteiger partial charge in [0.1, 0.15) is 0 Å². The van der Waals surface area contributed by atoms with E-state index in [4.69, 9.17) is 28.9 Å². The van der Waals surface area contributed by atoms with E-state index in [-0.39, 0.29) is 11.5 Å². The molecule has 1 aliphatic heterocycles. The summed E-state index contributed by atoms with van der Waals surface area (Å²) < 4.78 is 0.405. The molecular weight excluding hydrogens is 366 g/mol. The van der Waals surface area contributed by atoms with Crippen LogP contribution in [-0.2, 0) is 4.79 Å². The number of benzene rings is 2. The van der Waals surface area contributed by atoms with Gasteiger partial charge in [-0.2, -0.15) is 0 Å². The summed E-state index contributed by atoms with van der Waals surface area (Å²) in [6.45, 7) is 0. The van der Waals surface area contributed by atoms with Gasteiger partial charge in [0.2, 0.25) is 0 Å². The maximum Gasteiger partial charge on any atom is 0.335 e. The number of anilines is 1. The molecule has 1 heterocycles. The first-order chi connectivity index (χ1) is 11.5. The molecule has 0 spiro atoms. The van der Waals surface area contributed by atoms with Crippen molar-refractivity contribution in [3.63, 3.8) is 0 Å². The largest absolute Gasteiger partial charge is 0.478 e. The van der Waals surface area contributed by atoms with Crippen molar-refractivity contribution in [1.29, 1.82) is 0 Å². The van der Waals surface area contributed by atoms with E-state index in [0.29, 0.717) is 25.5 Å². The zero-order valence-electron chi connectivity index (χ0n) is 12.1. The van der Waals surface area contributed by atoms with Crippen LogP contribution in [0.25, 0.3) is 6.08 Å². The molecule has 0 atom stereocenters. The molecule has 0 aromatic heterocycles. The Morgan fingerprint density at radius 3 is 2.67 bits per heavy atom. The van der Waals surface area contributed by atoms with Crippen molar-refractivity contribution in [3.05, 3.63) is 69.6 Å². The fraction of sp³-hybridized carbons (Fsp3) is 0. The Hall–Kier alpha value is -2.15. The summed E-state index contributed by atoms with van der Waals surface area (Å²) in [6, 6.07) is 13.3. The Labute approximate surface area is 152 Å². The number of amides is 1. The maximum absolute atomic E-state index is 12.6. The van der Waals surface area contributed by atoms with E-state index in [0.717, 1.165) is 0 Å². The first-order valence-corrected chi connectivity index (χ1v) is 8.43. The Balaban J connectivity index is 1.94. The lowest BCUT2D eigenvalue weighted by atomic mass is 10.1. The highest BCUT2D eigenvalue weighted by Crippen LogP contribution is 2.36. The first kappa shape index (κ1) is 16.7. The molecule has 1 amide bonds. The molecule has 2 aromatic rings. The van der Waals surface area contributed by atoms with E-state index >= 15 is 0 Å². The van der Waals surface area contributed by atoms with Gasteiger partial charge in [0.25, 0.3) is 5.91 Å². The van der Waals surface area contributed by atoms with E-state index in [1.165, 1.54) is 28.8 Å². The number of hydrogen-bond acceptors (Lipinski definition) is 4. The molecule has 7 heteroatoms. The molecular formula is C17H10ClNO3S2. The molecule has 0 saturated carbocycles. The summed E-state index contributed by atoms with van der Waals surface area (Å²) >= 11 is 12.4. The molecule has 0 unspecified atom stereocenters. The van der Waals surface area contributed by atoms with Gasteiger partial charge in [0, 0.05) is 5.02 Å². The smallest absolute Gasteiger partial charge is 0.335 e. The van der Waals surface area contributed by atoms with Gasteiger partial charge >= 0.3 is 5.97 Å². The van der Waals surface area contributed by atoms with Crippen LogP contribution in [0.1, 0.15) is 15.9 Å². The van der Waals surface area contributed by atoms with E-state index in [9.17, 15) is 9.59 Å². The van der Waals surface area contributed by atoms with Crippen LogP contribution in [0.5, 0.6) is 0 Å². The number of thioether (sulfide) groups is 1. The van der Waals surface area contributed by atoms with Gasteiger partial charge in [-0.1, -0.05) is 53.8 Å². The van der Waals surface area contributed by atoms with Crippen molar-refractivity contribution in [1.82, 2.24) is 0 Å². The second-order valence-electron chi connectivity index (χ2n) is 4.93. The lowest BCUT2D eigenvalue weighted by Gasteiger charge is -2.14. The monoisotopic (exact) mass is 375 g/mol. The zero-order valence-corrected chi connectivity index (χ0v) is 14.5. The minimum Gasteiger partial charge on any atom is -0.478 e. The van der Waals surface area contributed by atoms with Crippen molar-refractivity contribution in [2.75, 3.05) is 4.90 Å². The number of halogens is 1. The van der Waals surface area contributed by atoms with Crippen molar-refractivity contribution in [3.8, 4) is 0 Å². The lowest BCUT2D eigenvalue weighted by molar-refractivity contribution is -0.113. The summed E-state index contributed by atoms with van der Waals surface area (Å²) in [5.41, 5.74) is 1.39. The summed E-state index contributed by atoms with van der Waals surface area (Å²) in [5.74, 6) is -1.27. The van der Waals surface area contributed by atoms with Gasteiger partial charge in [-0.15, -0.1) is 0 Å². The Morgan fingerprint density at radius 1 is 1.21 bits per heavy atom. The predicted octanol–water partition coefficient (Wildman–Crippen LogP) is 4.44. The summed E-state index contributed by atoms with van der Waals surface area (Å²) in [4.78, 5) is 25.5. The third-order valence-electron chi connectivity index (χ3n) is 3.29. The highest BCUT2D eigenvalue weighted by molar-refractivity contribution is 8.27. The van der Waals surface area contributed by atoms with Crippen LogP contribution in [-0.4, -0.2) is 21.3 Å². The molecule has 1 saturated heterocycles. The number of nitrogens with zero attached hydrogens (tertiary/aromatic N) is 1. The number of carbonyl (C=O) groups is 2. The summed E-state index contributed by atoms with van der Waals surface area (Å²) in [5, 5.41) is 9.56. The highest BCUT2D eigenvalue weighted by atomic mass is 35.5. The van der Waals surface area contributed by atoms with Gasteiger partial charge in [-0.25, -0.2) is 4.79 Å². The first-order valence-electron chi connectivity index (χ1n) is 6.82. The molecule has 0 aliphatic carbocycles. The molecule has 0 radical (unpaired) electrons. The maximum atomic E-state index is 12.6. The van der Waals surface area contributed by atoms with Gasteiger partial charge in [-0.3, -0.25) is 9.69 Å². The number of carboxylic acids is 1. The average Bonchev–Trinajstić information content (AvgIpc) is 2.81. The molecule has 120 valence electrons. The van der Waals surface area contributed by atoms with E-state index in [1.54, 1.807) is 42.5 Å². The molecule has 4 nitrogen and oxygen atoms in total. The minimum absolute atomic E-state index is 0.161. The second kappa shape index (κ2) is 6.76. The molecule has 24 heavy (non-hydrogen) atoms. The van der Waals surface area contributed by atoms with Crippen LogP contribution in [0.15, 0.2) is 53.4 Å². The second-order valence-corrected chi connectivity index (χ2v) is 7.04. The number of carboxylic acid groups (broad SMARTS) is 1. The summed E-state index contributed by atoms with van der Waals surface area (Å²) in [6.07, 6.45) is 1.64. The zero-order chi connectivity index (χ0) is 17.3. The van der Waals surface area contributed by atoms with Crippen LogP contribution >= 0.6 is 35.6 Å². The van der Waals surface area contributed by atoms with Crippen LogP contribution in [0.2, 0.25) is 5.02 Å². The number of aromatic carboxylic acids is 1. The third-order valence-corrected chi connectivity index (χ3v) is 4.83. The molecule has 1 N–H and O–H groups in total. The van der Waals surface area contributed by atoms with Gasteiger partial charge in [0.05, 0.1) is 16.2 Å². The quantitative estimate of drug-likeness (QED) is 0.634. The van der Waals surface area contributed by atoms with Crippen molar-refractivity contribution in [2.24, 2.45) is 0 Å². The molecule has 1 aliphatic rings. The molecule has 1 fully saturated rings. The number of rotatable bonds is 3. The predicted molar refractivity (Wildman–Crippen MR) is 101 cm³/mol. The van der Waals surface area contributed by atoms with Gasteiger partial charge in [0.15, 0.2) is 4.32 Å². The van der Waals surface area contributed by atoms with Crippen LogP contribution in [0.4, 0.5) is 5.69 Å². The van der Waals surface area contributed by atoms with Crippen molar-refractivity contribution >= 4 is 63.5 Å². The number of carbonyl (C=O) groups excluding carboxylic acids is 1. The Bertz CT molecular complexity index is 895. The van der Waals surface area contributed by atoms with Crippen LogP contribution < -0.4 is 4.90 Å². The standard InChI is InChI=1S/C17H10ClNO3S2/c18-12-5-2-6-13(9-12)19-15(20)14(24-17(19)23)8-10-3-1-4-11(7-10)16(21)22/h1-9H,(H,21,22). The van der Waals surface area contributed by atoms with Gasteiger partial charge < -0.3 is 5.11 Å². The highest BCUT2D eigenvalue weighted by Gasteiger charge is 2.33. The number of thiocarbonyl (C=S) groups is 1. The minimum atomic E-state index is -1.02. The summed E-state index contributed by atoms with van der Waals surface area (Å²) in [7, 11) is 0. The topological polar surface area (TPSA) is 57.6 Å². The number of hydrogen-bond donors (Lipinski definition) is 1. The molecule has 3 rings (SSSR count). The Morgan fingerprint density at radius 2 is 1.96 bits per heavy atom. The molecule has 2 aromatic carbocycles. The third kappa shape index (κ3) is 3.36. The van der Waals surface area contributed by atoms with Gasteiger partial charge in [-0.05, 0) is 42.0 Å². The van der Waals surface area contributed by atoms with Crippen LogP contribution in [0.3, 0.4) is 0 Å². The average molecular weight is 376 g/mol. The van der Waals surface area contributed by atoms with Crippen molar-refractivity contribution < 1.29 is 14.7 Å². The fourth-order valence-electron chi connectivity index (χ4n) is 2.22. The van der Waals surface area contributed by atoms with Crippen LogP contribution in [0, 0.1) is 0 Å².